The van der Waals surface area contributed by atoms with E-state index in [2.05, 4.69) is 5.32 Å². The molecule has 1 N–H and O–H groups in total. The summed E-state index contributed by atoms with van der Waals surface area (Å²) in [6.07, 6.45) is 0.735. The number of amides is 3. The molecule has 0 saturated heterocycles. The summed E-state index contributed by atoms with van der Waals surface area (Å²) in [5.41, 5.74) is 1.57. The molecule has 0 aliphatic carbocycles. The second-order valence-electron chi connectivity index (χ2n) is 8.27. The average molecular weight is 532 g/mol. The minimum atomic E-state index is -0.421. The SMILES string of the molecule is COCCN(CC(=O)N1CCc2sccc2[C@H]1COc1ccc(F)cc1)C(=O)Nc1cccc(Cl)c1. The molecule has 10 heteroatoms. The van der Waals surface area contributed by atoms with Gasteiger partial charge in [-0.3, -0.25) is 4.79 Å². The molecule has 3 aromatic rings. The first-order valence-corrected chi connectivity index (χ1v) is 12.7. The van der Waals surface area contributed by atoms with Gasteiger partial charge in [0.25, 0.3) is 0 Å². The van der Waals surface area contributed by atoms with E-state index in [0.29, 0.717) is 23.0 Å². The molecule has 7 nitrogen and oxygen atoms in total. The van der Waals surface area contributed by atoms with Gasteiger partial charge in [-0.1, -0.05) is 17.7 Å². The Bertz CT molecular complexity index is 1190. The molecule has 0 radical (unpaired) electrons. The number of halogens is 2. The zero-order chi connectivity index (χ0) is 25.5. The lowest BCUT2D eigenvalue weighted by Gasteiger charge is -2.37. The minimum Gasteiger partial charge on any atom is -0.491 e. The van der Waals surface area contributed by atoms with Crippen LogP contribution in [-0.4, -0.2) is 61.7 Å². The van der Waals surface area contributed by atoms with Gasteiger partial charge in [-0.2, -0.15) is 0 Å². The van der Waals surface area contributed by atoms with Crippen LogP contribution in [0.4, 0.5) is 14.9 Å². The Morgan fingerprint density at radius 2 is 2.03 bits per heavy atom. The third-order valence-electron chi connectivity index (χ3n) is 5.89. The molecule has 190 valence electrons. The van der Waals surface area contributed by atoms with Crippen LogP contribution in [0, 0.1) is 5.82 Å². The first-order chi connectivity index (χ1) is 17.4. The fraction of sp³-hybridized carbons (Fsp3) is 0.308. The van der Waals surface area contributed by atoms with Gasteiger partial charge in [0.05, 0.1) is 12.6 Å². The van der Waals surface area contributed by atoms with Crippen molar-refractivity contribution in [1.29, 1.82) is 0 Å². The van der Waals surface area contributed by atoms with Crippen molar-refractivity contribution >= 4 is 40.6 Å². The average Bonchev–Trinajstić information content (AvgIpc) is 3.35. The maximum Gasteiger partial charge on any atom is 0.322 e. The van der Waals surface area contributed by atoms with Crippen molar-refractivity contribution in [2.75, 3.05) is 45.3 Å². The lowest BCUT2D eigenvalue weighted by atomic mass is 10.0. The van der Waals surface area contributed by atoms with Gasteiger partial charge in [-0.05, 0) is 65.9 Å². The Morgan fingerprint density at radius 1 is 1.22 bits per heavy atom. The van der Waals surface area contributed by atoms with E-state index >= 15 is 0 Å². The highest BCUT2D eigenvalue weighted by molar-refractivity contribution is 7.10. The number of hydrogen-bond acceptors (Lipinski definition) is 5. The first-order valence-electron chi connectivity index (χ1n) is 11.5. The quantitative estimate of drug-likeness (QED) is 0.410. The number of hydrogen-bond donors (Lipinski definition) is 1. The number of nitrogens with one attached hydrogen (secondary N) is 1. The summed E-state index contributed by atoms with van der Waals surface area (Å²) in [5.74, 6) is -0.0187. The molecule has 3 amide bonds. The van der Waals surface area contributed by atoms with E-state index in [-0.39, 0.29) is 44.1 Å². The highest BCUT2D eigenvalue weighted by Crippen LogP contribution is 2.34. The van der Waals surface area contributed by atoms with Crippen LogP contribution in [0.1, 0.15) is 16.5 Å². The van der Waals surface area contributed by atoms with Gasteiger partial charge in [0, 0.05) is 35.8 Å². The summed E-state index contributed by atoms with van der Waals surface area (Å²) in [6.45, 7) is 1.12. The normalized spacial score (nSPS) is 14.8. The van der Waals surface area contributed by atoms with Crippen LogP contribution < -0.4 is 10.1 Å². The van der Waals surface area contributed by atoms with Crippen LogP contribution in [0.15, 0.2) is 60.0 Å². The van der Waals surface area contributed by atoms with Crippen molar-refractivity contribution in [3.63, 3.8) is 0 Å². The highest BCUT2D eigenvalue weighted by Gasteiger charge is 2.33. The third kappa shape index (κ3) is 6.54. The zero-order valence-electron chi connectivity index (χ0n) is 19.8. The summed E-state index contributed by atoms with van der Waals surface area (Å²) in [7, 11) is 1.54. The topological polar surface area (TPSA) is 71.1 Å². The molecule has 1 aromatic heterocycles. The molecular formula is C26H27ClFN3O4S. The number of methoxy groups -OCH3 is 1. The van der Waals surface area contributed by atoms with Gasteiger partial charge in [-0.25, -0.2) is 9.18 Å². The predicted octanol–water partition coefficient (Wildman–Crippen LogP) is 5.23. The van der Waals surface area contributed by atoms with Crippen molar-refractivity contribution in [3.05, 3.63) is 81.3 Å². The second-order valence-corrected chi connectivity index (χ2v) is 9.71. The molecule has 4 rings (SSSR count). The number of thiophene rings is 1. The van der Waals surface area contributed by atoms with Crippen molar-refractivity contribution < 1.29 is 23.5 Å². The summed E-state index contributed by atoms with van der Waals surface area (Å²) in [6, 6.07) is 13.9. The second kappa shape index (κ2) is 12.2. The van der Waals surface area contributed by atoms with Crippen LogP contribution in [-0.2, 0) is 16.0 Å². The number of carbonyl (C=O) groups excluding carboxylic acids is 2. The van der Waals surface area contributed by atoms with Crippen LogP contribution in [0.25, 0.3) is 0 Å². The molecule has 0 unspecified atom stereocenters. The lowest BCUT2D eigenvalue weighted by molar-refractivity contribution is -0.135. The predicted molar refractivity (Wildman–Crippen MR) is 138 cm³/mol. The fourth-order valence-electron chi connectivity index (χ4n) is 4.06. The van der Waals surface area contributed by atoms with E-state index < -0.39 is 6.03 Å². The van der Waals surface area contributed by atoms with Crippen LogP contribution in [0.2, 0.25) is 5.02 Å². The molecule has 0 saturated carbocycles. The Morgan fingerprint density at radius 3 is 2.78 bits per heavy atom. The maximum atomic E-state index is 13.5. The van der Waals surface area contributed by atoms with Crippen molar-refractivity contribution in [1.82, 2.24) is 9.80 Å². The van der Waals surface area contributed by atoms with E-state index in [1.54, 1.807) is 59.7 Å². The first kappa shape index (κ1) is 25.9. The Labute approximate surface area is 218 Å². The molecule has 0 fully saturated rings. The standard InChI is InChI=1S/C26H27ClFN3O4S/c1-34-13-12-30(26(33)29-20-4-2-3-18(27)15-20)16-25(32)31-11-9-24-22(10-14-36-24)23(31)17-35-21-7-5-19(28)6-8-21/h2-8,10,14-15,23H,9,11-13,16-17H2,1H3,(H,29,33)/t23-/m1/s1. The lowest BCUT2D eigenvalue weighted by Crippen LogP contribution is -2.49. The molecule has 2 heterocycles. The van der Waals surface area contributed by atoms with Crippen LogP contribution >= 0.6 is 22.9 Å². The number of nitrogens with zero attached hydrogens (tertiary/aromatic N) is 2. The summed E-state index contributed by atoms with van der Waals surface area (Å²) < 4.78 is 24.4. The molecule has 1 atom stereocenters. The largest absolute Gasteiger partial charge is 0.491 e. The van der Waals surface area contributed by atoms with Crippen molar-refractivity contribution in [2.24, 2.45) is 0 Å². The number of rotatable bonds is 9. The van der Waals surface area contributed by atoms with Crippen LogP contribution in [0.3, 0.4) is 0 Å². The number of benzene rings is 2. The maximum absolute atomic E-state index is 13.5. The molecule has 36 heavy (non-hydrogen) atoms. The minimum absolute atomic E-state index is 0.123. The van der Waals surface area contributed by atoms with E-state index in [1.165, 1.54) is 21.9 Å². The third-order valence-corrected chi connectivity index (χ3v) is 7.12. The summed E-state index contributed by atoms with van der Waals surface area (Å²) in [4.78, 5) is 30.9. The zero-order valence-corrected chi connectivity index (χ0v) is 21.4. The molecule has 1 aliphatic heterocycles. The van der Waals surface area contributed by atoms with Gasteiger partial charge in [-0.15, -0.1) is 11.3 Å². The van der Waals surface area contributed by atoms with Crippen molar-refractivity contribution in [2.45, 2.75) is 12.5 Å². The van der Waals surface area contributed by atoms with Crippen molar-refractivity contribution in [3.8, 4) is 5.75 Å². The fourth-order valence-corrected chi connectivity index (χ4v) is 5.18. The number of urea groups is 1. The van der Waals surface area contributed by atoms with Gasteiger partial charge in [0.15, 0.2) is 0 Å². The van der Waals surface area contributed by atoms with E-state index in [1.807, 2.05) is 11.4 Å². The molecule has 1 aliphatic rings. The number of anilines is 1. The molecule has 0 bridgehead atoms. The monoisotopic (exact) mass is 531 g/mol. The number of ether oxygens (including phenoxy) is 2. The number of carbonyl (C=O) groups is 2. The Hall–Kier alpha value is -3.14. The van der Waals surface area contributed by atoms with Gasteiger partial charge >= 0.3 is 6.03 Å². The Balaban J connectivity index is 1.48. The van der Waals surface area contributed by atoms with Gasteiger partial charge in [0.1, 0.15) is 24.7 Å². The summed E-state index contributed by atoms with van der Waals surface area (Å²) in [5, 5.41) is 5.30. The molecular weight excluding hydrogens is 505 g/mol. The van der Waals surface area contributed by atoms with E-state index in [0.717, 1.165) is 12.0 Å². The Kier molecular flexibility index (Phi) is 8.79. The van der Waals surface area contributed by atoms with E-state index in [4.69, 9.17) is 21.1 Å². The number of fused-ring (bicyclic) bond motifs is 1. The van der Waals surface area contributed by atoms with Crippen LogP contribution in [0.5, 0.6) is 5.75 Å². The van der Waals surface area contributed by atoms with E-state index in [9.17, 15) is 14.0 Å². The summed E-state index contributed by atoms with van der Waals surface area (Å²) >= 11 is 7.69. The van der Waals surface area contributed by atoms with Gasteiger partial charge < -0.3 is 24.6 Å². The highest BCUT2D eigenvalue weighted by atomic mass is 35.5. The molecule has 2 aromatic carbocycles. The molecule has 0 spiro atoms. The van der Waals surface area contributed by atoms with Gasteiger partial charge in [0.2, 0.25) is 5.91 Å². The smallest absolute Gasteiger partial charge is 0.322 e.